The van der Waals surface area contributed by atoms with Crippen LogP contribution in [0.1, 0.15) is 23.0 Å². The van der Waals surface area contributed by atoms with Gasteiger partial charge >= 0.3 is 5.97 Å². The van der Waals surface area contributed by atoms with Crippen LogP contribution >= 0.6 is 39.6 Å². The molecular weight excluding hydrogens is 520 g/mol. The summed E-state index contributed by atoms with van der Waals surface area (Å²) in [5, 5.41) is 9.53. The maximum absolute atomic E-state index is 12.6. The number of carbonyl (C=O) groups excluding carboxylic acids is 2. The van der Waals surface area contributed by atoms with E-state index in [0.29, 0.717) is 20.4 Å². The molecule has 2 aromatic rings. The number of esters is 1. The summed E-state index contributed by atoms with van der Waals surface area (Å²) in [5.41, 5.74) is 0.654. The number of ether oxygens (including phenoxy) is 2. The fraction of sp³-hybridized carbons (Fsp3) is 0.150. The van der Waals surface area contributed by atoms with Crippen LogP contribution in [0, 0.1) is 5.41 Å². The number of rotatable bonds is 5. The Labute approximate surface area is 199 Å². The summed E-state index contributed by atoms with van der Waals surface area (Å²) in [6.45, 7) is 1.98. The van der Waals surface area contributed by atoms with E-state index in [0.717, 1.165) is 17.7 Å². The van der Waals surface area contributed by atoms with E-state index in [2.05, 4.69) is 25.3 Å². The van der Waals surface area contributed by atoms with Crippen LogP contribution in [-0.2, 0) is 4.79 Å². The van der Waals surface area contributed by atoms with E-state index in [1.165, 1.54) is 37.3 Å². The molecule has 0 atom stereocenters. The van der Waals surface area contributed by atoms with Crippen LogP contribution in [0.2, 0.25) is 0 Å². The largest absolute Gasteiger partial charge is 0.493 e. The van der Waals surface area contributed by atoms with Crippen molar-refractivity contribution in [3.63, 3.8) is 0 Å². The van der Waals surface area contributed by atoms with E-state index < -0.39 is 11.9 Å². The van der Waals surface area contributed by atoms with E-state index in [1.807, 2.05) is 6.92 Å². The Kier molecular flexibility index (Phi) is 6.53. The number of aliphatic imine (C=N–C) groups is 1. The number of amidine groups is 3. The lowest BCUT2D eigenvalue weighted by Crippen LogP contribution is -2.41. The molecule has 0 radical (unpaired) electrons. The molecule has 0 spiro atoms. The van der Waals surface area contributed by atoms with E-state index >= 15 is 0 Å². The Hall–Kier alpha value is -2.83. The van der Waals surface area contributed by atoms with Crippen molar-refractivity contribution in [3.8, 4) is 11.5 Å². The number of hydrogen-bond donors (Lipinski definition) is 1. The summed E-state index contributed by atoms with van der Waals surface area (Å²) in [4.78, 5) is 30.5. The van der Waals surface area contributed by atoms with Gasteiger partial charge in [0.2, 0.25) is 10.9 Å². The summed E-state index contributed by atoms with van der Waals surface area (Å²) < 4.78 is 20.6. The van der Waals surface area contributed by atoms with E-state index in [9.17, 15) is 9.59 Å². The number of methoxy groups -OCH3 is 1. The van der Waals surface area contributed by atoms with Gasteiger partial charge in [-0.2, -0.15) is 9.39 Å². The van der Waals surface area contributed by atoms with Crippen LogP contribution in [0.5, 0.6) is 11.5 Å². The molecule has 9 nitrogen and oxygen atoms in total. The maximum atomic E-state index is 12.6. The molecule has 0 aliphatic carbocycles. The van der Waals surface area contributed by atoms with Crippen LogP contribution in [-0.4, -0.2) is 45.8 Å². The molecular formula is C20H15BrN4O5S2. The molecule has 164 valence electrons. The van der Waals surface area contributed by atoms with Crippen molar-refractivity contribution in [2.45, 2.75) is 6.92 Å². The molecule has 1 N–H and O–H groups in total. The molecule has 1 amide bonds. The molecule has 2 aliphatic rings. The number of nitrogens with zero attached hydrogens (tertiary/aromatic N) is 3. The van der Waals surface area contributed by atoms with Gasteiger partial charge in [0, 0.05) is 0 Å². The minimum atomic E-state index is -0.682. The third kappa shape index (κ3) is 4.25. The molecule has 0 saturated carbocycles. The van der Waals surface area contributed by atoms with Crippen LogP contribution in [0.4, 0.5) is 0 Å². The standard InChI is InChI=1S/C20H15BrN4O5S2/c1-3-31-20-24-32-19-23-17(26)11(16(22)25(19)20)7-10-8-12(21)15(14(9-10)28-2)30-18(27)13-5-4-6-29-13/h4-9,22H,3H2,1-2H3/b11-7-,22-16?. The fourth-order valence-electron chi connectivity index (χ4n) is 2.85. The summed E-state index contributed by atoms with van der Waals surface area (Å²) in [7, 11) is 1.43. The molecule has 0 unspecified atom stereocenters. The van der Waals surface area contributed by atoms with Gasteiger partial charge in [0.25, 0.3) is 5.91 Å². The van der Waals surface area contributed by atoms with Crippen molar-refractivity contribution in [1.82, 2.24) is 4.90 Å². The van der Waals surface area contributed by atoms with E-state index in [-0.39, 0.29) is 28.7 Å². The molecule has 32 heavy (non-hydrogen) atoms. The quantitative estimate of drug-likeness (QED) is 0.256. The van der Waals surface area contributed by atoms with Gasteiger partial charge in [-0.15, -0.1) is 0 Å². The van der Waals surface area contributed by atoms with Crippen LogP contribution in [0.3, 0.4) is 0 Å². The van der Waals surface area contributed by atoms with Gasteiger partial charge in [0.05, 0.1) is 35.4 Å². The van der Waals surface area contributed by atoms with Gasteiger partial charge < -0.3 is 13.9 Å². The lowest BCUT2D eigenvalue weighted by molar-refractivity contribution is -0.114. The first-order valence-corrected chi connectivity index (χ1v) is 11.7. The molecule has 2 aliphatic heterocycles. The topological polar surface area (TPSA) is 118 Å². The third-order valence-electron chi connectivity index (χ3n) is 4.25. The average Bonchev–Trinajstić information content (AvgIpc) is 3.43. The SMILES string of the molecule is CCSC1=NSC2=NC(=O)/C(=C\c3cc(Br)c(OC(=O)c4ccco4)c(OC)c3)C(=N)N12. The predicted molar refractivity (Wildman–Crippen MR) is 128 cm³/mol. The summed E-state index contributed by atoms with van der Waals surface area (Å²) in [5.74, 6) is 0.00936. The van der Waals surface area contributed by atoms with Crippen molar-refractivity contribution in [2.24, 2.45) is 9.39 Å². The molecule has 1 aromatic carbocycles. The Morgan fingerprint density at radius 2 is 2.25 bits per heavy atom. The number of thioether (sulfide) groups is 1. The highest BCUT2D eigenvalue weighted by molar-refractivity contribution is 9.10. The summed E-state index contributed by atoms with van der Waals surface area (Å²) in [6, 6.07) is 6.31. The molecule has 12 heteroatoms. The van der Waals surface area contributed by atoms with Crippen LogP contribution < -0.4 is 9.47 Å². The Bertz CT molecular complexity index is 1210. The Balaban J connectivity index is 1.66. The molecule has 0 fully saturated rings. The van der Waals surface area contributed by atoms with Gasteiger partial charge in [0.1, 0.15) is 5.84 Å². The molecule has 0 saturated heterocycles. The second kappa shape index (κ2) is 9.35. The minimum Gasteiger partial charge on any atom is -0.493 e. The second-order valence-corrected chi connectivity index (χ2v) is 9.06. The van der Waals surface area contributed by atoms with Crippen LogP contribution in [0.15, 0.2) is 54.4 Å². The highest BCUT2D eigenvalue weighted by Crippen LogP contribution is 2.38. The van der Waals surface area contributed by atoms with Gasteiger partial charge in [-0.05, 0) is 57.6 Å². The number of furan rings is 1. The lowest BCUT2D eigenvalue weighted by atomic mass is 10.1. The smallest absolute Gasteiger partial charge is 0.379 e. The van der Waals surface area contributed by atoms with Gasteiger partial charge in [-0.1, -0.05) is 18.7 Å². The third-order valence-corrected chi connectivity index (χ3v) is 6.47. The predicted octanol–water partition coefficient (Wildman–Crippen LogP) is 4.60. The minimum absolute atomic E-state index is 0.00638. The Morgan fingerprint density at radius 1 is 1.44 bits per heavy atom. The van der Waals surface area contributed by atoms with Crippen molar-refractivity contribution in [1.29, 1.82) is 5.41 Å². The zero-order valence-electron chi connectivity index (χ0n) is 16.7. The summed E-state index contributed by atoms with van der Waals surface area (Å²) >= 11 is 5.92. The first-order chi connectivity index (χ1) is 15.4. The average molecular weight is 535 g/mol. The number of hydrogen-bond acceptors (Lipinski definition) is 9. The van der Waals surface area contributed by atoms with E-state index in [4.69, 9.17) is 19.3 Å². The number of amides is 1. The van der Waals surface area contributed by atoms with Crippen molar-refractivity contribution < 1.29 is 23.5 Å². The number of nitrogens with one attached hydrogen (secondary N) is 1. The number of benzene rings is 1. The fourth-order valence-corrected chi connectivity index (χ4v) is 4.96. The Morgan fingerprint density at radius 3 is 2.94 bits per heavy atom. The number of halogens is 1. The maximum Gasteiger partial charge on any atom is 0.379 e. The molecule has 1 aromatic heterocycles. The normalized spacial score (nSPS) is 16.7. The first kappa shape index (κ1) is 22.4. The van der Waals surface area contributed by atoms with Crippen molar-refractivity contribution in [3.05, 3.63) is 51.9 Å². The van der Waals surface area contributed by atoms with Gasteiger partial charge in [0.15, 0.2) is 16.7 Å². The van der Waals surface area contributed by atoms with Crippen molar-refractivity contribution >= 4 is 73.8 Å². The van der Waals surface area contributed by atoms with Gasteiger partial charge in [-0.3, -0.25) is 10.2 Å². The number of fused-ring (bicyclic) bond motifs is 1. The lowest BCUT2D eigenvalue weighted by Gasteiger charge is -2.24. The zero-order valence-corrected chi connectivity index (χ0v) is 20.0. The van der Waals surface area contributed by atoms with E-state index in [1.54, 1.807) is 23.1 Å². The number of carbonyl (C=O) groups is 2. The zero-order chi connectivity index (χ0) is 22.8. The van der Waals surface area contributed by atoms with Gasteiger partial charge in [-0.25, -0.2) is 9.69 Å². The monoisotopic (exact) mass is 534 g/mol. The second-order valence-electron chi connectivity index (χ2n) is 6.24. The van der Waals surface area contributed by atoms with Crippen LogP contribution in [0.25, 0.3) is 6.08 Å². The highest BCUT2D eigenvalue weighted by atomic mass is 79.9. The first-order valence-electron chi connectivity index (χ1n) is 9.17. The van der Waals surface area contributed by atoms with Crippen molar-refractivity contribution in [2.75, 3.05) is 12.9 Å². The molecule has 0 bridgehead atoms. The molecule has 3 heterocycles. The molecule has 4 rings (SSSR count). The highest BCUT2D eigenvalue weighted by Gasteiger charge is 2.37. The summed E-state index contributed by atoms with van der Waals surface area (Å²) in [6.07, 6.45) is 2.91.